The molecule has 1 atom stereocenters. The molecule has 1 amide bonds. The maximum Gasteiger partial charge on any atom is 0.258 e. The number of hydrogen-bond donors (Lipinski definition) is 2. The first kappa shape index (κ1) is 23.5. The van der Waals surface area contributed by atoms with Crippen LogP contribution in [-0.4, -0.2) is 49.9 Å². The van der Waals surface area contributed by atoms with Crippen LogP contribution in [0.1, 0.15) is 23.2 Å². The number of nitrogens with zero attached hydrogens (tertiary/aromatic N) is 4. The number of rotatable bonds is 3. The third-order valence-corrected chi connectivity index (χ3v) is 5.78. The lowest BCUT2D eigenvalue weighted by molar-refractivity contribution is 0.0709. The van der Waals surface area contributed by atoms with E-state index in [1.54, 1.807) is 35.4 Å². The Labute approximate surface area is 198 Å². The zero-order valence-corrected chi connectivity index (χ0v) is 18.7. The summed E-state index contributed by atoms with van der Waals surface area (Å²) in [7, 11) is 0. The number of halogens is 3. The van der Waals surface area contributed by atoms with Crippen LogP contribution in [0.4, 0.5) is 8.78 Å². The fourth-order valence-corrected chi connectivity index (χ4v) is 4.04. The number of amides is 1. The Kier molecular flexibility index (Phi) is 6.45. The number of nitrogens with two attached hydrogens (primary N) is 1. The number of pyridine rings is 1. The molecule has 0 radical (unpaired) electrons. The van der Waals surface area contributed by atoms with Gasteiger partial charge in [0.05, 0.1) is 23.0 Å². The van der Waals surface area contributed by atoms with Gasteiger partial charge in [-0.15, -0.1) is 17.5 Å². The predicted molar refractivity (Wildman–Crippen MR) is 125 cm³/mol. The molecule has 3 heterocycles. The van der Waals surface area contributed by atoms with Crippen LogP contribution in [0.3, 0.4) is 0 Å². The second-order valence-corrected chi connectivity index (χ2v) is 8.11. The molecule has 0 unspecified atom stereocenters. The highest BCUT2D eigenvalue weighted by Crippen LogP contribution is 2.21. The fraction of sp³-hybridized carbons (Fsp3) is 0.217. The Hall–Kier alpha value is -3.63. The summed E-state index contributed by atoms with van der Waals surface area (Å²) in [5.41, 5.74) is 7.30. The summed E-state index contributed by atoms with van der Waals surface area (Å²) in [5.74, 6) is -2.12. The lowest BCUT2D eigenvalue weighted by Crippen LogP contribution is -2.45. The minimum Gasteiger partial charge on any atom is -0.337 e. The molecule has 4 aromatic rings. The number of carbonyl (C=O) groups is 1. The van der Waals surface area contributed by atoms with E-state index >= 15 is 0 Å². The third kappa shape index (κ3) is 4.42. The van der Waals surface area contributed by atoms with Crippen LogP contribution in [-0.2, 0) is 0 Å². The SMILES string of the molecule is Cl.N[C@H]1CCCN(C(=O)c2ccc(-n3cc(-c4cc5cc(F)c(F)cc5[nH]c4=O)nn3)cc2)C1. The van der Waals surface area contributed by atoms with Crippen LogP contribution in [0.2, 0.25) is 0 Å². The van der Waals surface area contributed by atoms with E-state index in [1.165, 1.54) is 10.7 Å². The number of hydrogen-bond acceptors (Lipinski definition) is 5. The molecule has 11 heteroatoms. The first-order valence-electron chi connectivity index (χ1n) is 10.5. The van der Waals surface area contributed by atoms with Gasteiger partial charge in [-0.2, -0.15) is 0 Å². The molecule has 0 bridgehead atoms. The minimum absolute atomic E-state index is 0. The normalized spacial score (nSPS) is 15.9. The van der Waals surface area contributed by atoms with E-state index in [0.717, 1.165) is 25.0 Å². The smallest absolute Gasteiger partial charge is 0.258 e. The summed E-state index contributed by atoms with van der Waals surface area (Å²) in [4.78, 5) is 29.5. The summed E-state index contributed by atoms with van der Waals surface area (Å²) in [6, 6.07) is 10.3. The first-order valence-corrected chi connectivity index (χ1v) is 10.5. The monoisotopic (exact) mass is 486 g/mol. The number of H-pyrrole nitrogens is 1. The summed E-state index contributed by atoms with van der Waals surface area (Å²) >= 11 is 0. The average Bonchev–Trinajstić information content (AvgIpc) is 3.29. The number of likely N-dealkylation sites (tertiary alicyclic amines) is 1. The second kappa shape index (κ2) is 9.32. The third-order valence-electron chi connectivity index (χ3n) is 5.78. The van der Waals surface area contributed by atoms with Crippen molar-refractivity contribution in [3.63, 3.8) is 0 Å². The van der Waals surface area contributed by atoms with Crippen LogP contribution < -0.4 is 11.3 Å². The van der Waals surface area contributed by atoms with E-state index in [9.17, 15) is 18.4 Å². The van der Waals surface area contributed by atoms with Crippen LogP contribution in [0.15, 0.2) is 53.5 Å². The minimum atomic E-state index is -1.04. The molecule has 3 N–H and O–H groups in total. The van der Waals surface area contributed by atoms with Crippen molar-refractivity contribution in [1.29, 1.82) is 0 Å². The fourth-order valence-electron chi connectivity index (χ4n) is 4.04. The number of benzene rings is 2. The molecule has 0 aliphatic carbocycles. The van der Waals surface area contributed by atoms with Gasteiger partial charge < -0.3 is 15.6 Å². The van der Waals surface area contributed by atoms with E-state index in [2.05, 4.69) is 15.3 Å². The standard InChI is InChI=1S/C23H20F2N6O2.ClH/c24-18-9-14-8-17(22(32)27-20(14)10-19(18)25)21-12-31(29-28-21)16-5-3-13(4-6-16)23(33)30-7-1-2-15(26)11-30;/h3-6,8-10,12,15H,1-2,7,11,26H2,(H,27,32);1H/t15-;/m0./s1. The quantitative estimate of drug-likeness (QED) is 0.462. The number of aromatic amines is 1. The molecule has 0 saturated carbocycles. The van der Waals surface area contributed by atoms with Gasteiger partial charge in [-0.05, 0) is 49.2 Å². The molecule has 1 aliphatic rings. The van der Waals surface area contributed by atoms with Gasteiger partial charge in [0.25, 0.3) is 11.5 Å². The largest absolute Gasteiger partial charge is 0.337 e. The lowest BCUT2D eigenvalue weighted by atomic mass is 10.1. The number of nitrogens with one attached hydrogen (secondary N) is 1. The van der Waals surface area contributed by atoms with E-state index < -0.39 is 17.2 Å². The molecule has 1 fully saturated rings. The Morgan fingerprint density at radius 2 is 1.85 bits per heavy atom. The molecule has 2 aromatic carbocycles. The highest BCUT2D eigenvalue weighted by atomic mass is 35.5. The summed E-state index contributed by atoms with van der Waals surface area (Å²) < 4.78 is 28.5. The molecular formula is C23H21ClF2N6O2. The Morgan fingerprint density at radius 1 is 1.12 bits per heavy atom. The maximum absolute atomic E-state index is 13.6. The molecule has 1 saturated heterocycles. The van der Waals surface area contributed by atoms with E-state index in [-0.39, 0.29) is 41.1 Å². The average molecular weight is 487 g/mol. The van der Waals surface area contributed by atoms with Crippen LogP contribution in [0.25, 0.3) is 27.8 Å². The summed E-state index contributed by atoms with van der Waals surface area (Å²) in [6.07, 6.45) is 3.36. The van der Waals surface area contributed by atoms with E-state index in [0.29, 0.717) is 29.7 Å². The van der Waals surface area contributed by atoms with Gasteiger partial charge in [-0.3, -0.25) is 9.59 Å². The van der Waals surface area contributed by atoms with Crippen LogP contribution in [0.5, 0.6) is 0 Å². The zero-order valence-electron chi connectivity index (χ0n) is 17.9. The highest BCUT2D eigenvalue weighted by Gasteiger charge is 2.22. The first-order chi connectivity index (χ1) is 15.9. The number of fused-ring (bicyclic) bond motifs is 1. The summed E-state index contributed by atoms with van der Waals surface area (Å²) in [5, 5.41) is 8.44. The molecule has 2 aromatic heterocycles. The van der Waals surface area contributed by atoms with Gasteiger partial charge in [0.15, 0.2) is 11.6 Å². The van der Waals surface area contributed by atoms with Crippen molar-refractivity contribution in [3.8, 4) is 16.9 Å². The number of carbonyl (C=O) groups excluding carboxylic acids is 1. The van der Waals surface area contributed by atoms with Crippen molar-refractivity contribution in [1.82, 2.24) is 24.9 Å². The van der Waals surface area contributed by atoms with Crippen molar-refractivity contribution >= 4 is 29.2 Å². The van der Waals surface area contributed by atoms with E-state index in [4.69, 9.17) is 5.73 Å². The molecule has 0 spiro atoms. The maximum atomic E-state index is 13.6. The Morgan fingerprint density at radius 3 is 2.59 bits per heavy atom. The van der Waals surface area contributed by atoms with Crippen molar-refractivity contribution in [2.45, 2.75) is 18.9 Å². The molecular weight excluding hydrogens is 466 g/mol. The molecule has 8 nitrogen and oxygen atoms in total. The molecule has 5 rings (SSSR count). The van der Waals surface area contributed by atoms with Crippen LogP contribution >= 0.6 is 12.4 Å². The topological polar surface area (TPSA) is 110 Å². The van der Waals surface area contributed by atoms with Crippen molar-refractivity contribution in [2.24, 2.45) is 5.73 Å². The number of aromatic nitrogens is 4. The molecule has 1 aliphatic heterocycles. The van der Waals surface area contributed by atoms with Gasteiger partial charge >= 0.3 is 0 Å². The van der Waals surface area contributed by atoms with Crippen molar-refractivity contribution < 1.29 is 13.6 Å². The molecule has 176 valence electrons. The number of piperidine rings is 1. The van der Waals surface area contributed by atoms with Crippen LogP contribution in [0, 0.1) is 11.6 Å². The van der Waals surface area contributed by atoms with Crippen molar-refractivity contribution in [3.05, 3.63) is 76.2 Å². The Bertz CT molecular complexity index is 1420. The van der Waals surface area contributed by atoms with Gasteiger partial charge in [0, 0.05) is 36.1 Å². The van der Waals surface area contributed by atoms with Gasteiger partial charge in [-0.25, -0.2) is 13.5 Å². The zero-order chi connectivity index (χ0) is 23.1. The van der Waals surface area contributed by atoms with E-state index in [1.807, 2.05) is 0 Å². The van der Waals surface area contributed by atoms with Crippen molar-refractivity contribution in [2.75, 3.05) is 13.1 Å². The van der Waals surface area contributed by atoms with Gasteiger partial charge in [-0.1, -0.05) is 5.21 Å². The highest BCUT2D eigenvalue weighted by molar-refractivity contribution is 5.94. The lowest BCUT2D eigenvalue weighted by Gasteiger charge is -2.30. The summed E-state index contributed by atoms with van der Waals surface area (Å²) in [6.45, 7) is 1.24. The van der Waals surface area contributed by atoms with Gasteiger partial charge in [0.1, 0.15) is 5.69 Å². The second-order valence-electron chi connectivity index (χ2n) is 8.11. The predicted octanol–water partition coefficient (Wildman–Crippen LogP) is 3.04. The molecule has 34 heavy (non-hydrogen) atoms. The Balaban J connectivity index is 0.00000274. The van der Waals surface area contributed by atoms with Gasteiger partial charge in [0.2, 0.25) is 0 Å².